The van der Waals surface area contributed by atoms with Gasteiger partial charge in [0.05, 0.1) is 22.0 Å². The fraction of sp³-hybridized carbons (Fsp3) is 0.0172. The average molecular weight is 819 g/mol. The highest BCUT2D eigenvalue weighted by Gasteiger charge is 2.46. The Kier molecular flexibility index (Phi) is 7.22. The Bertz CT molecular complexity index is 3990. The SMILES string of the molecule is c1ccc(C2(c3ccccc3)c3ccccc3-c3cc4c5ccccc5n(-c5nc(-c6ccc7c(c6)oc6ccccc67)nc(-c6cccc7c6oc6ccccc67)n5)c4cc32)cc1. The van der Waals surface area contributed by atoms with Crippen LogP contribution in [-0.4, -0.2) is 19.5 Å². The van der Waals surface area contributed by atoms with Gasteiger partial charge in [-0.15, -0.1) is 0 Å². The third-order valence-electron chi connectivity index (χ3n) is 13.4. The zero-order chi connectivity index (χ0) is 41.9. The molecule has 6 nitrogen and oxygen atoms in total. The van der Waals surface area contributed by atoms with Crippen LogP contribution in [0.5, 0.6) is 0 Å². The van der Waals surface area contributed by atoms with E-state index in [1.165, 1.54) is 33.4 Å². The van der Waals surface area contributed by atoms with Gasteiger partial charge in [0, 0.05) is 37.9 Å². The molecule has 14 rings (SSSR count). The Balaban J connectivity index is 1.09. The van der Waals surface area contributed by atoms with E-state index in [-0.39, 0.29) is 0 Å². The van der Waals surface area contributed by atoms with E-state index in [0.29, 0.717) is 17.6 Å². The van der Waals surface area contributed by atoms with Crippen molar-refractivity contribution in [3.05, 3.63) is 229 Å². The van der Waals surface area contributed by atoms with Crippen molar-refractivity contribution in [3.8, 4) is 39.9 Å². The maximum Gasteiger partial charge on any atom is 0.238 e. The first kappa shape index (κ1) is 35.0. The molecule has 0 aliphatic heterocycles. The largest absolute Gasteiger partial charge is 0.456 e. The van der Waals surface area contributed by atoms with Crippen molar-refractivity contribution in [1.82, 2.24) is 19.5 Å². The van der Waals surface area contributed by atoms with Crippen LogP contribution < -0.4 is 0 Å². The molecule has 4 aromatic heterocycles. The molecular weight excluding hydrogens is 785 g/mol. The topological polar surface area (TPSA) is 69.9 Å². The summed E-state index contributed by atoms with van der Waals surface area (Å²) in [5.41, 5.74) is 13.5. The molecule has 0 fully saturated rings. The zero-order valence-corrected chi connectivity index (χ0v) is 34.2. The fourth-order valence-corrected chi connectivity index (χ4v) is 10.6. The number of hydrogen-bond donors (Lipinski definition) is 0. The van der Waals surface area contributed by atoms with Gasteiger partial charge in [0.1, 0.15) is 22.3 Å². The van der Waals surface area contributed by atoms with Gasteiger partial charge in [-0.05, 0) is 81.9 Å². The predicted molar refractivity (Wildman–Crippen MR) is 257 cm³/mol. The lowest BCUT2D eigenvalue weighted by Crippen LogP contribution is -2.28. The molecule has 0 N–H and O–H groups in total. The van der Waals surface area contributed by atoms with Crippen LogP contribution in [0.15, 0.2) is 215 Å². The van der Waals surface area contributed by atoms with Gasteiger partial charge in [0.2, 0.25) is 5.95 Å². The van der Waals surface area contributed by atoms with E-state index in [1.54, 1.807) is 0 Å². The van der Waals surface area contributed by atoms with Gasteiger partial charge < -0.3 is 8.83 Å². The summed E-state index contributed by atoms with van der Waals surface area (Å²) >= 11 is 0. The molecule has 64 heavy (non-hydrogen) atoms. The Morgan fingerprint density at radius 2 is 0.969 bits per heavy atom. The summed E-state index contributed by atoms with van der Waals surface area (Å²) in [7, 11) is 0. The number of nitrogens with zero attached hydrogens (tertiary/aromatic N) is 4. The van der Waals surface area contributed by atoms with Crippen molar-refractivity contribution in [2.24, 2.45) is 0 Å². The molecule has 1 aliphatic rings. The minimum absolute atomic E-state index is 0.504. The Morgan fingerprint density at radius 3 is 1.77 bits per heavy atom. The summed E-state index contributed by atoms with van der Waals surface area (Å²) in [6.45, 7) is 0. The molecule has 4 heterocycles. The van der Waals surface area contributed by atoms with Crippen molar-refractivity contribution in [2.45, 2.75) is 5.41 Å². The highest BCUT2D eigenvalue weighted by atomic mass is 16.3. The number of rotatable bonds is 5. The molecule has 0 saturated heterocycles. The third-order valence-corrected chi connectivity index (χ3v) is 13.4. The van der Waals surface area contributed by atoms with Gasteiger partial charge in [-0.2, -0.15) is 9.97 Å². The van der Waals surface area contributed by atoms with Crippen molar-refractivity contribution < 1.29 is 8.83 Å². The second-order valence-electron chi connectivity index (χ2n) is 16.7. The second-order valence-corrected chi connectivity index (χ2v) is 16.7. The normalized spacial score (nSPS) is 13.1. The molecule has 0 spiro atoms. The van der Waals surface area contributed by atoms with E-state index >= 15 is 0 Å². The number of para-hydroxylation sites is 4. The quantitative estimate of drug-likeness (QED) is 0.173. The van der Waals surface area contributed by atoms with Crippen LogP contribution in [0.3, 0.4) is 0 Å². The minimum Gasteiger partial charge on any atom is -0.456 e. The first-order valence-corrected chi connectivity index (χ1v) is 21.6. The van der Waals surface area contributed by atoms with E-state index < -0.39 is 5.41 Å². The number of furan rings is 2. The van der Waals surface area contributed by atoms with Crippen LogP contribution in [-0.2, 0) is 5.41 Å². The van der Waals surface area contributed by atoms with Crippen molar-refractivity contribution in [1.29, 1.82) is 0 Å². The summed E-state index contributed by atoms with van der Waals surface area (Å²) in [5, 5.41) is 6.39. The summed E-state index contributed by atoms with van der Waals surface area (Å²) in [6, 6.07) is 72.8. The van der Waals surface area contributed by atoms with Crippen LogP contribution >= 0.6 is 0 Å². The van der Waals surface area contributed by atoms with E-state index in [2.05, 4.69) is 162 Å². The van der Waals surface area contributed by atoms with Crippen LogP contribution in [0.1, 0.15) is 22.3 Å². The lowest BCUT2D eigenvalue weighted by Gasteiger charge is -2.34. The van der Waals surface area contributed by atoms with Gasteiger partial charge in [-0.1, -0.05) is 158 Å². The van der Waals surface area contributed by atoms with Crippen molar-refractivity contribution >= 4 is 65.7 Å². The van der Waals surface area contributed by atoms with Gasteiger partial charge in [-0.3, -0.25) is 4.57 Å². The summed E-state index contributed by atoms with van der Waals surface area (Å²) in [5.74, 6) is 1.54. The van der Waals surface area contributed by atoms with Crippen molar-refractivity contribution in [2.75, 3.05) is 0 Å². The molecular formula is C58H34N4O2. The highest BCUT2D eigenvalue weighted by Crippen LogP contribution is 2.57. The van der Waals surface area contributed by atoms with E-state index in [4.69, 9.17) is 23.8 Å². The maximum absolute atomic E-state index is 6.61. The van der Waals surface area contributed by atoms with Crippen LogP contribution in [0.25, 0.3) is 106 Å². The fourth-order valence-electron chi connectivity index (χ4n) is 10.6. The predicted octanol–water partition coefficient (Wildman–Crippen LogP) is 14.5. The zero-order valence-electron chi connectivity index (χ0n) is 34.2. The third kappa shape index (κ3) is 4.82. The summed E-state index contributed by atoms with van der Waals surface area (Å²) in [6.07, 6.45) is 0. The average Bonchev–Trinajstić information content (AvgIpc) is 4.10. The molecule has 6 heteroatoms. The maximum atomic E-state index is 6.61. The monoisotopic (exact) mass is 818 g/mol. The summed E-state index contributed by atoms with van der Waals surface area (Å²) < 4.78 is 15.2. The van der Waals surface area contributed by atoms with Gasteiger partial charge >= 0.3 is 0 Å². The molecule has 0 amide bonds. The molecule has 0 atom stereocenters. The molecule has 298 valence electrons. The van der Waals surface area contributed by atoms with Crippen LogP contribution in [0.4, 0.5) is 0 Å². The molecule has 0 bridgehead atoms. The molecule has 0 radical (unpaired) electrons. The van der Waals surface area contributed by atoms with E-state index in [1.807, 2.05) is 48.5 Å². The van der Waals surface area contributed by atoms with Crippen LogP contribution in [0, 0.1) is 0 Å². The van der Waals surface area contributed by atoms with Gasteiger partial charge in [-0.25, -0.2) is 4.98 Å². The standard InChI is InChI=1S/C58H34N4O2/c1-3-16-36(17-4-1)58(37-18-5-2-6-19-37)47-26-11-7-20-38(47)45-33-46-39-21-8-12-27-49(39)62(50(46)34-48(45)58)57-60-55(35-30-31-42-40-22-9-13-28-51(40)63-53(42)32-35)59-56(61-57)44-25-15-24-43-41-23-10-14-29-52(41)64-54(43)44/h1-34H. The lowest BCUT2D eigenvalue weighted by molar-refractivity contribution is 0.668. The number of fused-ring (bicyclic) bond motifs is 12. The molecule has 1 aliphatic carbocycles. The summed E-state index contributed by atoms with van der Waals surface area (Å²) in [4.78, 5) is 16.1. The van der Waals surface area contributed by atoms with E-state index in [9.17, 15) is 0 Å². The number of hydrogen-bond acceptors (Lipinski definition) is 5. The van der Waals surface area contributed by atoms with E-state index in [0.717, 1.165) is 76.8 Å². The first-order valence-electron chi connectivity index (χ1n) is 21.6. The molecule has 13 aromatic rings. The molecule has 0 saturated carbocycles. The number of benzene rings is 9. The Morgan fingerprint density at radius 1 is 0.359 bits per heavy atom. The van der Waals surface area contributed by atoms with Crippen LogP contribution in [0.2, 0.25) is 0 Å². The first-order chi connectivity index (χ1) is 31.7. The Hall–Kier alpha value is -8.61. The highest BCUT2D eigenvalue weighted by molar-refractivity contribution is 6.12. The van der Waals surface area contributed by atoms with Gasteiger partial charge in [0.15, 0.2) is 11.6 Å². The lowest BCUT2D eigenvalue weighted by atomic mass is 9.67. The van der Waals surface area contributed by atoms with Crippen molar-refractivity contribution in [3.63, 3.8) is 0 Å². The van der Waals surface area contributed by atoms with Gasteiger partial charge in [0.25, 0.3) is 0 Å². The number of aromatic nitrogens is 4. The second kappa shape index (κ2) is 13.2. The molecule has 0 unspecified atom stereocenters. The Labute approximate surface area is 366 Å². The minimum atomic E-state index is -0.585. The smallest absolute Gasteiger partial charge is 0.238 e. The molecule has 9 aromatic carbocycles.